The number of hydrogen-bond acceptors (Lipinski definition) is 5. The number of anilines is 1. The van der Waals surface area contributed by atoms with Crippen molar-refractivity contribution < 1.29 is 19.4 Å². The monoisotopic (exact) mass is 464 g/mol. The van der Waals surface area contributed by atoms with Crippen LogP contribution in [0.2, 0.25) is 0 Å². The van der Waals surface area contributed by atoms with Gasteiger partial charge in [0.05, 0.1) is 6.61 Å². The van der Waals surface area contributed by atoms with Crippen LogP contribution in [0.1, 0.15) is 56.8 Å². The number of carbonyl (C=O) groups is 1. The van der Waals surface area contributed by atoms with E-state index < -0.39 is 6.10 Å². The Kier molecular flexibility index (Phi) is 13.5. The van der Waals surface area contributed by atoms with Crippen molar-refractivity contribution in [1.29, 1.82) is 0 Å². The Morgan fingerprint density at radius 1 is 0.938 bits per heavy atom. The fourth-order valence-corrected chi connectivity index (χ4v) is 2.88. The lowest BCUT2D eigenvalue weighted by molar-refractivity contribution is 0.102. The van der Waals surface area contributed by atoms with E-state index in [1.165, 1.54) is 19.3 Å². The molecule has 0 spiro atoms. The lowest BCUT2D eigenvalue weighted by Crippen LogP contribution is -2.35. The number of benzene rings is 2. The first-order valence-electron chi connectivity index (χ1n) is 11.2. The molecule has 0 aliphatic heterocycles. The van der Waals surface area contributed by atoms with Gasteiger partial charge >= 0.3 is 0 Å². The minimum Gasteiger partial charge on any atom is -0.494 e. The van der Waals surface area contributed by atoms with E-state index in [9.17, 15) is 9.90 Å². The van der Waals surface area contributed by atoms with Crippen LogP contribution < -0.4 is 20.1 Å². The van der Waals surface area contributed by atoms with Gasteiger partial charge in [0.1, 0.15) is 24.2 Å². The molecule has 6 nitrogen and oxygen atoms in total. The van der Waals surface area contributed by atoms with Crippen molar-refractivity contribution in [2.24, 2.45) is 0 Å². The molecule has 2 rings (SSSR count). The first-order valence-corrected chi connectivity index (χ1v) is 11.2. The maximum Gasteiger partial charge on any atom is 0.255 e. The Morgan fingerprint density at radius 2 is 1.56 bits per heavy atom. The third-order valence-corrected chi connectivity index (χ3v) is 4.70. The third kappa shape index (κ3) is 10.8. The number of rotatable bonds is 14. The van der Waals surface area contributed by atoms with Gasteiger partial charge in [-0.2, -0.15) is 0 Å². The molecule has 2 aromatic carbocycles. The highest BCUT2D eigenvalue weighted by Crippen LogP contribution is 2.18. The molecule has 0 saturated carbocycles. The Morgan fingerprint density at radius 3 is 2.19 bits per heavy atom. The average Bonchev–Trinajstić information content (AvgIpc) is 2.77. The van der Waals surface area contributed by atoms with Crippen molar-refractivity contribution in [2.45, 2.75) is 58.6 Å². The fraction of sp³-hybridized carbons (Fsp3) is 0.480. The molecule has 1 atom stereocenters. The molecule has 7 heteroatoms. The Bertz CT molecular complexity index is 767. The summed E-state index contributed by atoms with van der Waals surface area (Å²) in [4.78, 5) is 12.5. The third-order valence-electron chi connectivity index (χ3n) is 4.70. The van der Waals surface area contributed by atoms with Gasteiger partial charge in [0.2, 0.25) is 0 Å². The molecule has 3 N–H and O–H groups in total. The normalized spacial score (nSPS) is 11.5. The van der Waals surface area contributed by atoms with Crippen LogP contribution in [0.15, 0.2) is 48.5 Å². The summed E-state index contributed by atoms with van der Waals surface area (Å²) in [5.41, 5.74) is 1.25. The number of unbranched alkanes of at least 4 members (excludes halogenated alkanes) is 3. The average molecular weight is 465 g/mol. The minimum atomic E-state index is -0.579. The van der Waals surface area contributed by atoms with Gasteiger partial charge in [0.25, 0.3) is 5.91 Å². The van der Waals surface area contributed by atoms with Gasteiger partial charge in [-0.15, -0.1) is 12.4 Å². The lowest BCUT2D eigenvalue weighted by Gasteiger charge is -2.15. The van der Waals surface area contributed by atoms with Crippen LogP contribution in [0.3, 0.4) is 0 Å². The number of hydrogen-bond donors (Lipinski definition) is 3. The van der Waals surface area contributed by atoms with Crippen LogP contribution >= 0.6 is 12.4 Å². The van der Waals surface area contributed by atoms with Crippen molar-refractivity contribution in [3.8, 4) is 11.5 Å². The molecule has 0 aliphatic rings. The molecule has 1 amide bonds. The summed E-state index contributed by atoms with van der Waals surface area (Å²) < 4.78 is 11.3. The molecule has 0 heterocycles. The van der Waals surface area contributed by atoms with Gasteiger partial charge in [-0.3, -0.25) is 4.79 Å². The second-order valence-corrected chi connectivity index (χ2v) is 7.94. The zero-order valence-electron chi connectivity index (χ0n) is 19.3. The summed E-state index contributed by atoms with van der Waals surface area (Å²) in [6.07, 6.45) is 4.08. The first-order chi connectivity index (χ1) is 15.0. The van der Waals surface area contributed by atoms with Crippen molar-refractivity contribution in [3.05, 3.63) is 54.1 Å². The fourth-order valence-electron chi connectivity index (χ4n) is 2.88. The Balaban J connectivity index is 0.00000512. The maximum absolute atomic E-state index is 12.5. The SMILES string of the molecule is CCCCCCOc1ccc(C(=O)Nc2ccc(OCC(O)CNC(C)C)cc2)cc1.Cl. The van der Waals surface area contributed by atoms with Crippen LogP contribution in [0.4, 0.5) is 5.69 Å². The summed E-state index contributed by atoms with van der Waals surface area (Å²) in [6, 6.07) is 14.6. The quantitative estimate of drug-likeness (QED) is 0.340. The summed E-state index contributed by atoms with van der Waals surface area (Å²) in [7, 11) is 0. The summed E-state index contributed by atoms with van der Waals surface area (Å²) >= 11 is 0. The molecule has 1 unspecified atom stereocenters. The summed E-state index contributed by atoms with van der Waals surface area (Å²) in [6.45, 7) is 7.63. The molecular formula is C25H37ClN2O4. The second kappa shape index (κ2) is 15.5. The maximum atomic E-state index is 12.5. The molecule has 0 aromatic heterocycles. The molecule has 2 aromatic rings. The van der Waals surface area contributed by atoms with Crippen molar-refractivity contribution in [3.63, 3.8) is 0 Å². The highest BCUT2D eigenvalue weighted by atomic mass is 35.5. The topological polar surface area (TPSA) is 79.8 Å². The zero-order chi connectivity index (χ0) is 22.5. The molecule has 0 radical (unpaired) electrons. The van der Waals surface area contributed by atoms with Gasteiger partial charge in [-0.25, -0.2) is 0 Å². The first kappa shape index (κ1) is 27.8. The van der Waals surface area contributed by atoms with Gasteiger partial charge in [0, 0.05) is 23.8 Å². The molecule has 32 heavy (non-hydrogen) atoms. The predicted molar refractivity (Wildman–Crippen MR) is 132 cm³/mol. The highest BCUT2D eigenvalue weighted by molar-refractivity contribution is 6.04. The van der Waals surface area contributed by atoms with Crippen LogP contribution in [0.5, 0.6) is 11.5 Å². The smallest absolute Gasteiger partial charge is 0.255 e. The van der Waals surface area contributed by atoms with Crippen molar-refractivity contribution >= 4 is 24.0 Å². The molecule has 0 saturated heterocycles. The van der Waals surface area contributed by atoms with Gasteiger partial charge < -0.3 is 25.2 Å². The molecule has 178 valence electrons. The lowest BCUT2D eigenvalue weighted by atomic mass is 10.2. The predicted octanol–water partition coefficient (Wildman–Crippen LogP) is 5.06. The van der Waals surface area contributed by atoms with Crippen LogP contribution in [-0.4, -0.2) is 42.9 Å². The van der Waals surface area contributed by atoms with Crippen LogP contribution in [-0.2, 0) is 0 Å². The zero-order valence-corrected chi connectivity index (χ0v) is 20.1. The van der Waals surface area contributed by atoms with Gasteiger partial charge in [0.15, 0.2) is 0 Å². The van der Waals surface area contributed by atoms with Crippen molar-refractivity contribution in [2.75, 3.05) is 25.1 Å². The van der Waals surface area contributed by atoms with E-state index in [-0.39, 0.29) is 24.9 Å². The molecule has 0 bridgehead atoms. The number of carbonyl (C=O) groups excluding carboxylic acids is 1. The van der Waals surface area contributed by atoms with Gasteiger partial charge in [-0.1, -0.05) is 40.0 Å². The van der Waals surface area contributed by atoms with Gasteiger partial charge in [-0.05, 0) is 55.0 Å². The van der Waals surface area contributed by atoms with E-state index in [1.54, 1.807) is 36.4 Å². The number of halogens is 1. The van der Waals surface area contributed by atoms with Crippen molar-refractivity contribution in [1.82, 2.24) is 5.32 Å². The summed E-state index contributed by atoms with van der Waals surface area (Å²) in [5.74, 6) is 1.24. The highest BCUT2D eigenvalue weighted by Gasteiger charge is 2.08. The number of amides is 1. The van der Waals surface area contributed by atoms with E-state index in [2.05, 4.69) is 17.6 Å². The van der Waals surface area contributed by atoms with E-state index in [0.717, 1.165) is 12.2 Å². The number of nitrogens with one attached hydrogen (secondary N) is 2. The largest absolute Gasteiger partial charge is 0.494 e. The number of aliphatic hydroxyl groups excluding tert-OH is 1. The van der Waals surface area contributed by atoms with E-state index in [0.29, 0.717) is 36.2 Å². The second-order valence-electron chi connectivity index (χ2n) is 7.94. The summed E-state index contributed by atoms with van der Waals surface area (Å²) in [5, 5.41) is 15.9. The van der Waals surface area contributed by atoms with E-state index in [4.69, 9.17) is 9.47 Å². The minimum absolute atomic E-state index is 0. The molecule has 0 aliphatic carbocycles. The van der Waals surface area contributed by atoms with E-state index >= 15 is 0 Å². The number of ether oxygens (including phenoxy) is 2. The standard InChI is InChI=1S/C25H36N2O4.ClH/c1-4-5-6-7-16-30-23-12-8-20(9-13-23)25(29)27-21-10-14-24(15-11-21)31-18-22(28)17-26-19(2)3;/h8-15,19,22,26,28H,4-7,16-18H2,1-3H3,(H,27,29);1H. The number of aliphatic hydroxyl groups is 1. The molecule has 0 fully saturated rings. The van der Waals surface area contributed by atoms with Crippen LogP contribution in [0.25, 0.3) is 0 Å². The molecular weight excluding hydrogens is 428 g/mol. The van der Waals surface area contributed by atoms with E-state index in [1.807, 2.05) is 26.0 Å². The Hall–Kier alpha value is -2.28. The van der Waals surface area contributed by atoms with Crippen LogP contribution in [0, 0.1) is 0 Å². The Labute approximate surface area is 198 Å².